The Morgan fingerprint density at radius 3 is 2.85 bits per heavy atom. The van der Waals surface area contributed by atoms with Gasteiger partial charge in [-0.25, -0.2) is 0 Å². The third kappa shape index (κ3) is 2.44. The number of anilines is 1. The highest BCUT2D eigenvalue weighted by Crippen LogP contribution is 2.32. The number of carboxylic acids is 1. The summed E-state index contributed by atoms with van der Waals surface area (Å²) in [6, 6.07) is 4.25. The first-order chi connectivity index (χ1) is 9.34. The molecular weight excluding hydrogens is 264 g/mol. The molecule has 2 rings (SSSR count). The van der Waals surface area contributed by atoms with Crippen LogP contribution in [0.3, 0.4) is 0 Å². The van der Waals surface area contributed by atoms with E-state index >= 15 is 0 Å². The van der Waals surface area contributed by atoms with E-state index in [-0.39, 0.29) is 18.3 Å². The molecule has 1 aromatic carbocycles. The van der Waals surface area contributed by atoms with Crippen molar-refractivity contribution in [3.63, 3.8) is 0 Å². The summed E-state index contributed by atoms with van der Waals surface area (Å²) in [4.78, 5) is 21.6. The fourth-order valence-electron chi connectivity index (χ4n) is 2.24. The molecule has 2 atom stereocenters. The van der Waals surface area contributed by atoms with Gasteiger partial charge in [-0.3, -0.25) is 14.9 Å². The molecule has 1 aliphatic heterocycles. The second kappa shape index (κ2) is 5.09. The molecule has 0 radical (unpaired) electrons. The molecule has 1 fully saturated rings. The molecule has 0 spiro atoms. The van der Waals surface area contributed by atoms with Crippen molar-refractivity contribution in [2.75, 3.05) is 18.5 Å². The lowest BCUT2D eigenvalue weighted by molar-refractivity contribution is -0.385. The maximum atomic E-state index is 11.3. The monoisotopic (exact) mass is 280 g/mol. The smallest absolute Gasteiger partial charge is 0.313 e. The Labute approximate surface area is 115 Å². The van der Waals surface area contributed by atoms with Crippen LogP contribution in [0.15, 0.2) is 18.2 Å². The summed E-state index contributed by atoms with van der Waals surface area (Å²) in [5, 5.41) is 23.1. The van der Waals surface area contributed by atoms with E-state index in [1.807, 2.05) is 0 Å². The first-order valence-electron chi connectivity index (χ1n) is 6.17. The summed E-state index contributed by atoms with van der Waals surface area (Å²) in [6.45, 7) is 3.70. The van der Waals surface area contributed by atoms with Crippen LogP contribution in [0, 0.1) is 22.5 Å². The molecule has 20 heavy (non-hydrogen) atoms. The van der Waals surface area contributed by atoms with Crippen LogP contribution < -0.4 is 5.32 Å². The molecular formula is C13H16N2O5. The van der Waals surface area contributed by atoms with Crippen molar-refractivity contribution >= 4 is 17.3 Å². The Kier molecular flexibility index (Phi) is 3.63. The number of hydrogen-bond acceptors (Lipinski definition) is 5. The minimum atomic E-state index is -1.00. The second-order valence-corrected chi connectivity index (χ2v) is 5.19. The highest BCUT2D eigenvalue weighted by atomic mass is 16.6. The van der Waals surface area contributed by atoms with E-state index in [4.69, 9.17) is 4.74 Å². The number of nitro groups is 1. The molecule has 0 aromatic heterocycles. The standard InChI is InChI=1S/C13H16N2O5/c1-8-5-9(3-4-10(8)15(18)19)14-11-6-20-7-13(11,2)12(16)17/h3-5,11,14H,6-7H2,1-2H3,(H,16,17). The lowest BCUT2D eigenvalue weighted by Crippen LogP contribution is -2.43. The first-order valence-corrected chi connectivity index (χ1v) is 6.17. The predicted molar refractivity (Wildman–Crippen MR) is 71.8 cm³/mol. The molecule has 1 heterocycles. The van der Waals surface area contributed by atoms with Crippen LogP contribution in [0.2, 0.25) is 0 Å². The summed E-state index contributed by atoms with van der Waals surface area (Å²) in [7, 11) is 0. The number of aliphatic carboxylic acids is 1. The van der Waals surface area contributed by atoms with Crippen molar-refractivity contribution in [2.45, 2.75) is 19.9 Å². The second-order valence-electron chi connectivity index (χ2n) is 5.19. The van der Waals surface area contributed by atoms with Crippen LogP contribution in [0.5, 0.6) is 0 Å². The van der Waals surface area contributed by atoms with E-state index < -0.39 is 16.3 Å². The quantitative estimate of drug-likeness (QED) is 0.644. The summed E-state index contributed by atoms with van der Waals surface area (Å²) in [5.74, 6) is -0.925. The van der Waals surface area contributed by atoms with Crippen LogP contribution >= 0.6 is 0 Å². The van der Waals surface area contributed by atoms with Crippen molar-refractivity contribution < 1.29 is 19.6 Å². The molecule has 7 heteroatoms. The lowest BCUT2D eigenvalue weighted by Gasteiger charge is -2.26. The molecule has 2 unspecified atom stereocenters. The van der Waals surface area contributed by atoms with E-state index in [0.29, 0.717) is 17.9 Å². The SMILES string of the molecule is Cc1cc(NC2COCC2(C)C(=O)O)ccc1[N+](=O)[O-]. The zero-order chi connectivity index (χ0) is 14.9. The minimum Gasteiger partial charge on any atom is -0.481 e. The van der Waals surface area contributed by atoms with Crippen molar-refractivity contribution in [2.24, 2.45) is 5.41 Å². The number of carboxylic acid groups (broad SMARTS) is 1. The Morgan fingerprint density at radius 1 is 1.60 bits per heavy atom. The van der Waals surface area contributed by atoms with Gasteiger partial charge in [0.1, 0.15) is 5.41 Å². The van der Waals surface area contributed by atoms with Gasteiger partial charge in [-0.15, -0.1) is 0 Å². The zero-order valence-corrected chi connectivity index (χ0v) is 11.3. The van der Waals surface area contributed by atoms with Crippen molar-refractivity contribution in [1.29, 1.82) is 0 Å². The normalized spacial score (nSPS) is 25.4. The van der Waals surface area contributed by atoms with Gasteiger partial charge in [0, 0.05) is 17.3 Å². The number of hydrogen-bond donors (Lipinski definition) is 2. The van der Waals surface area contributed by atoms with E-state index in [9.17, 15) is 20.0 Å². The van der Waals surface area contributed by atoms with Crippen LogP contribution in [0.1, 0.15) is 12.5 Å². The fourth-order valence-corrected chi connectivity index (χ4v) is 2.24. The lowest BCUT2D eigenvalue weighted by atomic mass is 9.85. The van der Waals surface area contributed by atoms with Crippen molar-refractivity contribution in [1.82, 2.24) is 0 Å². The van der Waals surface area contributed by atoms with Gasteiger partial charge in [-0.1, -0.05) is 0 Å². The van der Waals surface area contributed by atoms with E-state index in [2.05, 4.69) is 5.32 Å². The molecule has 2 N–H and O–H groups in total. The molecule has 7 nitrogen and oxygen atoms in total. The third-order valence-electron chi connectivity index (χ3n) is 3.68. The molecule has 1 aromatic rings. The maximum Gasteiger partial charge on any atom is 0.313 e. The summed E-state index contributed by atoms with van der Waals surface area (Å²) < 4.78 is 5.25. The van der Waals surface area contributed by atoms with Gasteiger partial charge in [0.2, 0.25) is 0 Å². The minimum absolute atomic E-state index is 0.0409. The fraction of sp³-hybridized carbons (Fsp3) is 0.462. The highest BCUT2D eigenvalue weighted by Gasteiger charge is 2.46. The number of carbonyl (C=O) groups is 1. The first kappa shape index (κ1) is 14.3. The van der Waals surface area contributed by atoms with Crippen molar-refractivity contribution in [3.05, 3.63) is 33.9 Å². The van der Waals surface area contributed by atoms with Crippen molar-refractivity contribution in [3.8, 4) is 0 Å². The summed E-state index contributed by atoms with van der Waals surface area (Å²) in [6.07, 6.45) is 0. The summed E-state index contributed by atoms with van der Waals surface area (Å²) in [5.41, 5.74) is 0.210. The Balaban J connectivity index is 2.20. The number of ether oxygens (including phenoxy) is 1. The highest BCUT2D eigenvalue weighted by molar-refractivity contribution is 5.76. The Morgan fingerprint density at radius 2 is 2.30 bits per heavy atom. The molecule has 1 saturated heterocycles. The van der Waals surface area contributed by atoms with Gasteiger partial charge in [-0.05, 0) is 26.0 Å². The van der Waals surface area contributed by atoms with E-state index in [1.54, 1.807) is 26.0 Å². The van der Waals surface area contributed by atoms with Crippen LogP contribution in [-0.4, -0.2) is 35.3 Å². The number of nitrogens with zero attached hydrogens (tertiary/aromatic N) is 1. The largest absolute Gasteiger partial charge is 0.481 e. The maximum absolute atomic E-state index is 11.3. The Bertz CT molecular complexity index is 560. The van der Waals surface area contributed by atoms with Gasteiger partial charge < -0.3 is 15.2 Å². The van der Waals surface area contributed by atoms with Crippen LogP contribution in [0.4, 0.5) is 11.4 Å². The Hall–Kier alpha value is -2.15. The zero-order valence-electron chi connectivity index (χ0n) is 11.3. The predicted octanol–water partition coefficient (Wildman–Crippen LogP) is 1.80. The number of aryl methyl sites for hydroxylation is 1. The average Bonchev–Trinajstić information content (AvgIpc) is 2.72. The molecule has 0 bridgehead atoms. The number of nitrogens with one attached hydrogen (secondary N) is 1. The topological polar surface area (TPSA) is 102 Å². The molecule has 0 aliphatic carbocycles. The summed E-state index contributed by atoms with van der Waals surface area (Å²) >= 11 is 0. The third-order valence-corrected chi connectivity index (χ3v) is 3.68. The number of rotatable bonds is 4. The average molecular weight is 280 g/mol. The van der Waals surface area contributed by atoms with Crippen LogP contribution in [-0.2, 0) is 9.53 Å². The van der Waals surface area contributed by atoms with E-state index in [0.717, 1.165) is 0 Å². The van der Waals surface area contributed by atoms with E-state index in [1.165, 1.54) is 6.07 Å². The number of nitro benzene ring substituents is 1. The molecule has 0 amide bonds. The molecule has 0 saturated carbocycles. The molecule has 108 valence electrons. The van der Waals surface area contributed by atoms with Gasteiger partial charge in [0.05, 0.1) is 24.2 Å². The van der Waals surface area contributed by atoms with Gasteiger partial charge >= 0.3 is 5.97 Å². The van der Waals surface area contributed by atoms with Crippen LogP contribution in [0.25, 0.3) is 0 Å². The number of benzene rings is 1. The van der Waals surface area contributed by atoms with Gasteiger partial charge in [-0.2, -0.15) is 0 Å². The molecule has 1 aliphatic rings. The van der Waals surface area contributed by atoms with Gasteiger partial charge in [0.15, 0.2) is 0 Å². The van der Waals surface area contributed by atoms with Gasteiger partial charge in [0.25, 0.3) is 5.69 Å².